The fourth-order valence-corrected chi connectivity index (χ4v) is 3.92. The van der Waals surface area contributed by atoms with Crippen LogP contribution in [0.1, 0.15) is 18.6 Å². The van der Waals surface area contributed by atoms with Gasteiger partial charge in [0.1, 0.15) is 15.8 Å². The van der Waals surface area contributed by atoms with Crippen molar-refractivity contribution >= 4 is 51.9 Å². The summed E-state index contributed by atoms with van der Waals surface area (Å²) >= 11 is 6.29. The Morgan fingerprint density at radius 3 is 2.79 bits per heavy atom. The summed E-state index contributed by atoms with van der Waals surface area (Å²) in [7, 11) is 0. The Bertz CT molecular complexity index is 997. The molecule has 1 N–H and O–H groups in total. The van der Waals surface area contributed by atoms with E-state index in [2.05, 4.69) is 0 Å². The van der Waals surface area contributed by atoms with Gasteiger partial charge in [-0.05, 0) is 24.6 Å². The molecule has 10 heteroatoms. The van der Waals surface area contributed by atoms with E-state index in [1.165, 1.54) is 17.0 Å². The van der Waals surface area contributed by atoms with E-state index in [1.54, 1.807) is 30.3 Å². The molecule has 0 aliphatic carbocycles. The number of benzene rings is 1. The van der Waals surface area contributed by atoms with Gasteiger partial charge in [0.05, 0.1) is 15.4 Å². The highest BCUT2D eigenvalue weighted by Crippen LogP contribution is 2.35. The van der Waals surface area contributed by atoms with Crippen LogP contribution in [-0.4, -0.2) is 37.7 Å². The zero-order valence-corrected chi connectivity index (χ0v) is 16.0. The summed E-state index contributed by atoms with van der Waals surface area (Å²) in [5.41, 5.74) is 0.265. The molecule has 1 aromatic carbocycles. The number of carbonyl (C=O) groups excluding carboxylic acids is 1. The number of amides is 1. The van der Waals surface area contributed by atoms with Gasteiger partial charge in [0.25, 0.3) is 11.6 Å². The third kappa shape index (κ3) is 4.29. The van der Waals surface area contributed by atoms with Crippen LogP contribution in [0.4, 0.5) is 5.69 Å². The lowest BCUT2D eigenvalue weighted by Gasteiger charge is -2.13. The van der Waals surface area contributed by atoms with Crippen molar-refractivity contribution in [2.75, 3.05) is 6.54 Å². The number of thiocarbonyl (C=S) groups is 1. The fourth-order valence-electron chi connectivity index (χ4n) is 2.63. The lowest BCUT2D eigenvalue weighted by atomic mass is 10.1. The number of nitro benzene ring substituents is 1. The maximum absolute atomic E-state index is 12.5. The number of aliphatic carboxylic acids is 1. The first kappa shape index (κ1) is 19.8. The molecule has 2 aromatic rings. The van der Waals surface area contributed by atoms with Gasteiger partial charge in [0.15, 0.2) is 0 Å². The summed E-state index contributed by atoms with van der Waals surface area (Å²) in [5.74, 6) is -0.571. The maximum Gasteiger partial charge on any atom is 0.303 e. The molecule has 0 spiro atoms. The number of hydrogen-bond acceptors (Lipinski definition) is 7. The van der Waals surface area contributed by atoms with Crippen molar-refractivity contribution in [3.63, 3.8) is 0 Å². The number of furan rings is 1. The molecule has 28 heavy (non-hydrogen) atoms. The first-order chi connectivity index (χ1) is 13.4. The van der Waals surface area contributed by atoms with Crippen molar-refractivity contribution in [1.29, 1.82) is 0 Å². The lowest BCUT2D eigenvalue weighted by Crippen LogP contribution is -2.29. The molecule has 2 heterocycles. The van der Waals surface area contributed by atoms with Crippen molar-refractivity contribution in [2.45, 2.75) is 12.8 Å². The first-order valence-corrected chi connectivity index (χ1v) is 9.40. The second-order valence-corrected chi connectivity index (χ2v) is 7.48. The lowest BCUT2D eigenvalue weighted by molar-refractivity contribution is -0.384. The largest absolute Gasteiger partial charge is 0.481 e. The summed E-state index contributed by atoms with van der Waals surface area (Å²) in [6.45, 7) is 0.230. The molecule has 0 atom stereocenters. The van der Waals surface area contributed by atoms with E-state index in [-0.39, 0.29) is 24.6 Å². The maximum atomic E-state index is 12.5. The Balaban J connectivity index is 1.79. The average molecular weight is 418 g/mol. The van der Waals surface area contributed by atoms with Gasteiger partial charge < -0.3 is 9.52 Å². The molecule has 1 aliphatic heterocycles. The molecule has 144 valence electrons. The van der Waals surface area contributed by atoms with Crippen molar-refractivity contribution in [3.05, 3.63) is 57.2 Å². The van der Waals surface area contributed by atoms with E-state index in [4.69, 9.17) is 21.7 Å². The van der Waals surface area contributed by atoms with E-state index >= 15 is 0 Å². The van der Waals surface area contributed by atoms with E-state index in [0.29, 0.717) is 32.7 Å². The van der Waals surface area contributed by atoms with Crippen LogP contribution in [0.25, 0.3) is 17.4 Å². The van der Waals surface area contributed by atoms with Crippen LogP contribution >= 0.6 is 24.0 Å². The van der Waals surface area contributed by atoms with Gasteiger partial charge in [-0.2, -0.15) is 0 Å². The molecule has 8 nitrogen and oxygen atoms in total. The number of para-hydroxylation sites is 1. The number of rotatable bonds is 7. The Kier molecular flexibility index (Phi) is 5.90. The third-order valence-corrected chi connectivity index (χ3v) is 5.29. The zero-order valence-electron chi connectivity index (χ0n) is 14.4. The number of nitro groups is 1. The Labute approximate surface area is 169 Å². The summed E-state index contributed by atoms with van der Waals surface area (Å²) < 4.78 is 6.02. The highest BCUT2D eigenvalue weighted by molar-refractivity contribution is 8.26. The normalized spacial score (nSPS) is 15.4. The van der Waals surface area contributed by atoms with Crippen LogP contribution in [0.2, 0.25) is 0 Å². The molecule has 0 bridgehead atoms. The quantitative estimate of drug-likeness (QED) is 0.311. The predicted octanol–water partition coefficient (Wildman–Crippen LogP) is 3.92. The van der Waals surface area contributed by atoms with E-state index in [1.807, 2.05) is 0 Å². The number of carbonyl (C=O) groups is 2. The van der Waals surface area contributed by atoms with Gasteiger partial charge in [-0.3, -0.25) is 24.6 Å². The number of carboxylic acid groups (broad SMARTS) is 1. The first-order valence-electron chi connectivity index (χ1n) is 8.17. The van der Waals surface area contributed by atoms with Crippen molar-refractivity contribution in [1.82, 2.24) is 4.90 Å². The molecular formula is C18H14N2O6S2. The SMILES string of the molecule is O=C(O)CCCN1C(=O)C(=Cc2ccc(-c3ccccc3[N+](=O)[O-])o2)SC1=S. The van der Waals surface area contributed by atoms with Crippen molar-refractivity contribution in [2.24, 2.45) is 0 Å². The monoisotopic (exact) mass is 418 g/mol. The minimum Gasteiger partial charge on any atom is -0.481 e. The number of nitrogens with zero attached hydrogens (tertiary/aromatic N) is 2. The molecular weight excluding hydrogens is 404 g/mol. The standard InChI is InChI=1S/C18H14N2O6S2/c21-16(22)6-3-9-19-17(23)15(28-18(19)27)10-11-7-8-14(26-11)12-4-1-2-5-13(12)20(24)25/h1-2,4-5,7-8,10H,3,6,9H2,(H,21,22). The van der Waals surface area contributed by atoms with Gasteiger partial charge in [-0.25, -0.2) is 0 Å². The highest BCUT2D eigenvalue weighted by atomic mass is 32.2. The van der Waals surface area contributed by atoms with Crippen LogP contribution in [-0.2, 0) is 9.59 Å². The molecule has 1 aromatic heterocycles. The van der Waals surface area contributed by atoms with Crippen LogP contribution in [0.15, 0.2) is 45.7 Å². The van der Waals surface area contributed by atoms with Crippen molar-refractivity contribution in [3.8, 4) is 11.3 Å². The molecule has 0 radical (unpaired) electrons. The average Bonchev–Trinajstić information content (AvgIpc) is 3.21. The molecule has 0 unspecified atom stereocenters. The van der Waals surface area contributed by atoms with Gasteiger partial charge in [-0.1, -0.05) is 36.1 Å². The Morgan fingerprint density at radius 1 is 1.32 bits per heavy atom. The molecule has 1 aliphatic rings. The predicted molar refractivity (Wildman–Crippen MR) is 108 cm³/mol. The topological polar surface area (TPSA) is 114 Å². The summed E-state index contributed by atoms with van der Waals surface area (Å²) in [6.07, 6.45) is 1.78. The molecule has 1 fully saturated rings. The van der Waals surface area contributed by atoms with E-state index < -0.39 is 10.9 Å². The summed E-state index contributed by atoms with van der Waals surface area (Å²) in [6, 6.07) is 9.43. The molecule has 1 saturated heterocycles. The Hall–Kier alpha value is -2.98. The smallest absolute Gasteiger partial charge is 0.303 e. The summed E-state index contributed by atoms with van der Waals surface area (Å²) in [4.78, 5) is 35.5. The Morgan fingerprint density at radius 2 is 2.07 bits per heavy atom. The van der Waals surface area contributed by atoms with E-state index in [0.717, 1.165) is 11.8 Å². The van der Waals surface area contributed by atoms with Gasteiger partial charge in [-0.15, -0.1) is 0 Å². The second kappa shape index (κ2) is 8.36. The number of thioether (sulfide) groups is 1. The van der Waals surface area contributed by atoms with Gasteiger partial charge in [0.2, 0.25) is 0 Å². The number of carboxylic acids is 1. The third-order valence-electron chi connectivity index (χ3n) is 3.91. The molecule has 3 rings (SSSR count). The minimum absolute atomic E-state index is 0.0481. The molecule has 0 saturated carbocycles. The van der Waals surface area contributed by atoms with Crippen LogP contribution in [0.5, 0.6) is 0 Å². The summed E-state index contributed by atoms with van der Waals surface area (Å²) in [5, 5.41) is 19.9. The number of hydrogen-bond donors (Lipinski definition) is 1. The minimum atomic E-state index is -0.931. The van der Waals surface area contributed by atoms with Crippen LogP contribution < -0.4 is 0 Å². The van der Waals surface area contributed by atoms with Gasteiger partial charge >= 0.3 is 5.97 Å². The van der Waals surface area contributed by atoms with E-state index in [9.17, 15) is 19.7 Å². The second-order valence-electron chi connectivity index (χ2n) is 5.81. The van der Waals surface area contributed by atoms with Gasteiger partial charge in [0, 0.05) is 25.1 Å². The van der Waals surface area contributed by atoms with Crippen molar-refractivity contribution < 1.29 is 24.0 Å². The highest BCUT2D eigenvalue weighted by Gasteiger charge is 2.32. The fraction of sp³-hybridized carbons (Fsp3) is 0.167. The van der Waals surface area contributed by atoms with Crippen LogP contribution in [0.3, 0.4) is 0 Å². The van der Waals surface area contributed by atoms with Crippen LogP contribution in [0, 0.1) is 10.1 Å². The zero-order chi connectivity index (χ0) is 20.3. The molecule has 1 amide bonds.